The van der Waals surface area contributed by atoms with Gasteiger partial charge >= 0.3 is 0 Å². The summed E-state index contributed by atoms with van der Waals surface area (Å²) in [5.41, 5.74) is 0.362. The predicted octanol–water partition coefficient (Wildman–Crippen LogP) is 6.18. The van der Waals surface area contributed by atoms with E-state index in [0.29, 0.717) is 23.7 Å². The Morgan fingerprint density at radius 1 is 0.617 bits per heavy atom. The van der Waals surface area contributed by atoms with Crippen molar-refractivity contribution in [3.63, 3.8) is 0 Å². The number of imidazole rings is 1. The molecule has 274 valence electrons. The molecule has 0 aliphatic carbocycles. The van der Waals surface area contributed by atoms with Crippen LogP contribution in [-0.4, -0.2) is 149 Å². The van der Waals surface area contributed by atoms with Crippen molar-refractivity contribution in [2.24, 2.45) is 5.92 Å². The van der Waals surface area contributed by atoms with Crippen LogP contribution in [0.5, 0.6) is 0 Å². The summed E-state index contributed by atoms with van der Waals surface area (Å²) in [6.45, 7) is 39.7. The second-order valence-electron chi connectivity index (χ2n) is 15.5. The molecule has 0 radical (unpaired) electrons. The van der Waals surface area contributed by atoms with Gasteiger partial charge in [0, 0.05) is 120 Å². The summed E-state index contributed by atoms with van der Waals surface area (Å²) in [6, 6.07) is 5.91. The molecule has 9 heteroatoms. The Hall–Kier alpha value is -1.75. The third-order valence-corrected chi connectivity index (χ3v) is 8.79. The van der Waals surface area contributed by atoms with Crippen LogP contribution >= 0.6 is 0 Å². The van der Waals surface area contributed by atoms with Gasteiger partial charge < -0.3 is 28.6 Å². The van der Waals surface area contributed by atoms with Crippen LogP contribution in [-0.2, 0) is 4.74 Å². The highest BCUT2D eigenvalue weighted by atomic mass is 16.5. The largest absolute Gasteiger partial charge is 0.379 e. The van der Waals surface area contributed by atoms with Crippen molar-refractivity contribution in [2.45, 2.75) is 99.8 Å². The van der Waals surface area contributed by atoms with Gasteiger partial charge in [-0.25, -0.2) is 4.98 Å². The van der Waals surface area contributed by atoms with Gasteiger partial charge in [0.1, 0.15) is 0 Å². The van der Waals surface area contributed by atoms with E-state index in [-0.39, 0.29) is 0 Å². The molecular weight excluding hydrogens is 584 g/mol. The molecule has 0 aromatic carbocycles. The standard InChI is InChI=1S/2C9H20N2.C7H15NO.C7H11N.C6H10N2/c1-9(2,3)11-7-5-10(4)6-8-11;1-9(2)8-11-6-4-10(3)5-7-11;1-7(2)8-3-5-9-6-4-8;1-7(2)8-5-3-4-6-8;1-6(2)8-4-3-7-5-8/h5-8H2,1-4H3;9H,4-8H2,1-3H3;7H,3-6H2,1-2H3;3-7H,1-2H3;3-6H,1-2H3. The topological polar surface area (TPSA) is 48.2 Å². The smallest absolute Gasteiger partial charge is 0.0948 e. The Labute approximate surface area is 291 Å². The first-order chi connectivity index (χ1) is 22.1. The van der Waals surface area contributed by atoms with Crippen molar-refractivity contribution >= 4 is 0 Å². The van der Waals surface area contributed by atoms with Gasteiger partial charge in [0.05, 0.1) is 19.5 Å². The number of piperazine rings is 2. The zero-order valence-electron chi connectivity index (χ0n) is 33.0. The molecule has 9 nitrogen and oxygen atoms in total. The molecule has 2 aromatic heterocycles. The fourth-order valence-electron chi connectivity index (χ4n) is 5.38. The summed E-state index contributed by atoms with van der Waals surface area (Å²) in [5, 5.41) is 0. The molecule has 0 spiro atoms. The number of ether oxygens (including phenoxy) is 1. The minimum atomic E-state index is 0.362. The van der Waals surface area contributed by atoms with Gasteiger partial charge in [-0.3, -0.25) is 9.80 Å². The molecule has 5 rings (SSSR count). The van der Waals surface area contributed by atoms with Gasteiger partial charge in [0.15, 0.2) is 0 Å². The number of likely N-dealkylation sites (N-methyl/N-ethyl adjacent to an activating group) is 2. The highest BCUT2D eigenvalue weighted by Crippen LogP contribution is 2.14. The van der Waals surface area contributed by atoms with Gasteiger partial charge in [-0.05, 0) is 94.5 Å². The number of nitrogens with zero attached hydrogens (tertiary/aromatic N) is 8. The molecule has 3 fully saturated rings. The Morgan fingerprint density at radius 3 is 1.43 bits per heavy atom. The summed E-state index contributed by atoms with van der Waals surface area (Å²) in [6.07, 6.45) is 9.73. The second kappa shape index (κ2) is 23.6. The van der Waals surface area contributed by atoms with Crippen LogP contribution in [0.3, 0.4) is 0 Å². The minimum Gasteiger partial charge on any atom is -0.379 e. The molecule has 0 atom stereocenters. The fraction of sp³-hybridized carbons (Fsp3) is 0.816. The van der Waals surface area contributed by atoms with E-state index in [1.807, 2.05) is 24.7 Å². The third kappa shape index (κ3) is 20.4. The summed E-state index contributed by atoms with van der Waals surface area (Å²) < 4.78 is 9.43. The maximum atomic E-state index is 5.21. The van der Waals surface area contributed by atoms with Crippen molar-refractivity contribution in [3.05, 3.63) is 43.2 Å². The van der Waals surface area contributed by atoms with E-state index < -0.39 is 0 Å². The number of hydrogen-bond acceptors (Lipinski definition) is 7. The van der Waals surface area contributed by atoms with Crippen LogP contribution in [0, 0.1) is 5.92 Å². The quantitative estimate of drug-likeness (QED) is 0.380. The monoisotopic (exact) mass is 661 g/mol. The van der Waals surface area contributed by atoms with E-state index >= 15 is 0 Å². The van der Waals surface area contributed by atoms with E-state index in [1.54, 1.807) is 6.20 Å². The van der Waals surface area contributed by atoms with Crippen LogP contribution in [0.25, 0.3) is 0 Å². The number of aromatic nitrogens is 3. The van der Waals surface area contributed by atoms with Crippen molar-refractivity contribution in [1.29, 1.82) is 0 Å². The summed E-state index contributed by atoms with van der Waals surface area (Å²) in [5.74, 6) is 0.818. The van der Waals surface area contributed by atoms with E-state index in [4.69, 9.17) is 4.74 Å². The highest BCUT2D eigenvalue weighted by Gasteiger charge is 2.24. The number of hydrogen-bond donors (Lipinski definition) is 0. The predicted molar refractivity (Wildman–Crippen MR) is 203 cm³/mol. The fourth-order valence-corrected chi connectivity index (χ4v) is 5.38. The lowest BCUT2D eigenvalue weighted by Gasteiger charge is -2.41. The Morgan fingerprint density at radius 2 is 1.11 bits per heavy atom. The zero-order valence-corrected chi connectivity index (χ0v) is 33.0. The maximum absolute atomic E-state index is 5.21. The van der Waals surface area contributed by atoms with Gasteiger partial charge in [-0.1, -0.05) is 13.8 Å². The molecule has 3 aliphatic heterocycles. The SMILES string of the molecule is CC(C)CN1CCN(C)CC1.CC(C)N1CCOCC1.CC(C)n1cccc1.CC(C)n1ccnc1.CN1CCN(C(C)(C)C)CC1. The Kier molecular flexibility index (Phi) is 21.7. The molecule has 47 heavy (non-hydrogen) atoms. The molecule has 3 saturated heterocycles. The van der Waals surface area contributed by atoms with Crippen molar-refractivity contribution in [3.8, 4) is 0 Å². The number of rotatable bonds is 5. The molecular formula is C38H76N8O. The normalized spacial score (nSPS) is 18.9. The van der Waals surface area contributed by atoms with E-state index in [9.17, 15) is 0 Å². The van der Waals surface area contributed by atoms with Crippen molar-refractivity contribution in [1.82, 2.24) is 38.6 Å². The molecule has 0 N–H and O–H groups in total. The zero-order chi connectivity index (χ0) is 35.4. The molecule has 0 unspecified atom stereocenters. The van der Waals surface area contributed by atoms with Crippen LogP contribution < -0.4 is 0 Å². The average molecular weight is 661 g/mol. The van der Waals surface area contributed by atoms with E-state index in [2.05, 4.69) is 141 Å². The average Bonchev–Trinajstić information content (AvgIpc) is 3.76. The first-order valence-electron chi connectivity index (χ1n) is 18.4. The highest BCUT2D eigenvalue weighted by molar-refractivity contribution is 4.91. The molecule has 0 bridgehead atoms. The lowest BCUT2D eigenvalue weighted by Crippen LogP contribution is -2.52. The minimum absolute atomic E-state index is 0.362. The van der Waals surface area contributed by atoms with Crippen LogP contribution in [0.15, 0.2) is 43.2 Å². The first-order valence-corrected chi connectivity index (χ1v) is 18.4. The van der Waals surface area contributed by atoms with Crippen LogP contribution in [0.2, 0.25) is 0 Å². The Balaban J connectivity index is 0.000000296. The molecule has 0 amide bonds. The van der Waals surface area contributed by atoms with Crippen LogP contribution in [0.1, 0.15) is 88.2 Å². The lowest BCUT2D eigenvalue weighted by atomic mass is 10.1. The van der Waals surface area contributed by atoms with Gasteiger partial charge in [-0.2, -0.15) is 0 Å². The molecule has 3 aliphatic rings. The lowest BCUT2D eigenvalue weighted by molar-refractivity contribution is 0.0238. The maximum Gasteiger partial charge on any atom is 0.0948 e. The number of morpholine rings is 1. The van der Waals surface area contributed by atoms with E-state index in [0.717, 1.165) is 32.2 Å². The third-order valence-electron chi connectivity index (χ3n) is 8.79. The van der Waals surface area contributed by atoms with Crippen LogP contribution in [0.4, 0.5) is 0 Å². The van der Waals surface area contributed by atoms with Gasteiger partial charge in [0.25, 0.3) is 0 Å². The Bertz CT molecular complexity index is 908. The van der Waals surface area contributed by atoms with Gasteiger partial charge in [0.2, 0.25) is 0 Å². The summed E-state index contributed by atoms with van der Waals surface area (Å²) >= 11 is 0. The first kappa shape index (κ1) is 43.3. The van der Waals surface area contributed by atoms with E-state index in [1.165, 1.54) is 58.9 Å². The molecule has 5 heterocycles. The summed E-state index contributed by atoms with van der Waals surface area (Å²) in [4.78, 5) is 16.2. The second-order valence-corrected chi connectivity index (χ2v) is 15.5. The van der Waals surface area contributed by atoms with Crippen molar-refractivity contribution < 1.29 is 4.74 Å². The summed E-state index contributed by atoms with van der Waals surface area (Å²) in [7, 11) is 4.40. The van der Waals surface area contributed by atoms with Crippen molar-refractivity contribution in [2.75, 3.05) is 99.3 Å². The molecule has 0 saturated carbocycles. The van der Waals surface area contributed by atoms with Gasteiger partial charge in [-0.15, -0.1) is 0 Å². The molecule has 2 aromatic rings.